The molecule has 2 aromatic rings. The number of rotatable bonds is 2. The summed E-state index contributed by atoms with van der Waals surface area (Å²) >= 11 is 0. The summed E-state index contributed by atoms with van der Waals surface area (Å²) < 4.78 is 6.20. The van der Waals surface area contributed by atoms with Crippen molar-refractivity contribution in [1.29, 1.82) is 0 Å². The van der Waals surface area contributed by atoms with Crippen molar-refractivity contribution < 1.29 is 4.74 Å². The Morgan fingerprint density at radius 1 is 1.05 bits per heavy atom. The van der Waals surface area contributed by atoms with Gasteiger partial charge in [-0.3, -0.25) is 4.90 Å². The molecule has 2 heteroatoms. The minimum Gasteiger partial charge on any atom is -0.486 e. The predicted octanol–water partition coefficient (Wildman–Crippen LogP) is 4.17. The highest BCUT2D eigenvalue weighted by molar-refractivity contribution is 5.35. The first kappa shape index (κ1) is 14.2. The average Bonchev–Trinajstić information content (AvgIpc) is 2.55. The van der Waals surface area contributed by atoms with Gasteiger partial charge in [0, 0.05) is 25.2 Å². The van der Waals surface area contributed by atoms with Crippen molar-refractivity contribution in [3.63, 3.8) is 0 Å². The first-order chi connectivity index (χ1) is 10.0. The number of nitrogens with zero attached hydrogens (tertiary/aromatic N) is 1. The summed E-state index contributed by atoms with van der Waals surface area (Å²) in [6, 6.07) is 17.0. The molecule has 0 bridgehead atoms. The lowest BCUT2D eigenvalue weighted by atomic mass is 10.1. The molecule has 0 saturated heterocycles. The molecule has 0 aromatic heterocycles. The average molecular weight is 281 g/mol. The van der Waals surface area contributed by atoms with Gasteiger partial charge in [-0.15, -0.1) is 0 Å². The third-order valence-corrected chi connectivity index (χ3v) is 4.01. The van der Waals surface area contributed by atoms with E-state index >= 15 is 0 Å². The Bertz CT molecular complexity index is 633. The van der Waals surface area contributed by atoms with Crippen LogP contribution in [0.15, 0.2) is 48.5 Å². The Hall–Kier alpha value is -1.80. The fourth-order valence-electron chi connectivity index (χ4n) is 3.04. The molecule has 0 N–H and O–H groups in total. The van der Waals surface area contributed by atoms with Crippen molar-refractivity contribution in [2.75, 3.05) is 6.54 Å². The molecule has 2 nitrogen and oxygen atoms in total. The summed E-state index contributed by atoms with van der Waals surface area (Å²) in [5.41, 5.74) is 3.85. The van der Waals surface area contributed by atoms with Crippen molar-refractivity contribution in [1.82, 2.24) is 4.90 Å². The molecule has 0 spiro atoms. The third kappa shape index (κ3) is 3.27. The highest BCUT2D eigenvalue weighted by Crippen LogP contribution is 2.30. The van der Waals surface area contributed by atoms with Gasteiger partial charge in [-0.05, 0) is 38.0 Å². The van der Waals surface area contributed by atoms with Crippen molar-refractivity contribution in [3.05, 3.63) is 65.2 Å². The molecule has 1 aliphatic rings. The molecular weight excluding hydrogens is 258 g/mol. The van der Waals surface area contributed by atoms with Gasteiger partial charge in [-0.2, -0.15) is 0 Å². The van der Waals surface area contributed by atoms with E-state index in [-0.39, 0.29) is 5.60 Å². The van der Waals surface area contributed by atoms with E-state index in [9.17, 15) is 0 Å². The normalized spacial score (nSPS) is 17.7. The first-order valence-electron chi connectivity index (χ1n) is 7.57. The molecule has 0 atom stereocenters. The van der Waals surface area contributed by atoms with E-state index in [1.165, 1.54) is 16.7 Å². The summed E-state index contributed by atoms with van der Waals surface area (Å²) in [6.07, 6.45) is 0. The Morgan fingerprint density at radius 3 is 2.57 bits per heavy atom. The monoisotopic (exact) mass is 281 g/mol. The van der Waals surface area contributed by atoms with Gasteiger partial charge in [0.1, 0.15) is 11.4 Å². The quantitative estimate of drug-likeness (QED) is 0.819. The van der Waals surface area contributed by atoms with Crippen LogP contribution in [0.5, 0.6) is 5.75 Å². The predicted molar refractivity (Wildman–Crippen MR) is 86.4 cm³/mol. The minimum absolute atomic E-state index is 0.171. The minimum atomic E-state index is -0.171. The fourth-order valence-corrected chi connectivity index (χ4v) is 3.04. The lowest BCUT2D eigenvalue weighted by molar-refractivity contribution is 0.0682. The Labute approximate surface area is 127 Å². The summed E-state index contributed by atoms with van der Waals surface area (Å²) in [4.78, 5) is 2.48. The van der Waals surface area contributed by atoms with Crippen molar-refractivity contribution in [3.8, 4) is 5.75 Å². The van der Waals surface area contributed by atoms with E-state index in [2.05, 4.69) is 68.1 Å². The number of hydrogen-bond acceptors (Lipinski definition) is 2. The molecule has 0 fully saturated rings. The smallest absolute Gasteiger partial charge is 0.124 e. The topological polar surface area (TPSA) is 12.5 Å². The van der Waals surface area contributed by atoms with Crippen LogP contribution in [0, 0.1) is 6.92 Å². The number of aryl methyl sites for hydroxylation is 1. The maximum absolute atomic E-state index is 6.20. The maximum atomic E-state index is 6.20. The van der Waals surface area contributed by atoms with E-state index in [1.807, 2.05) is 6.07 Å². The molecule has 21 heavy (non-hydrogen) atoms. The molecule has 3 rings (SSSR count). The van der Waals surface area contributed by atoms with Gasteiger partial charge in [-0.25, -0.2) is 0 Å². The second-order valence-corrected chi connectivity index (χ2v) is 6.54. The van der Waals surface area contributed by atoms with E-state index in [1.54, 1.807) is 0 Å². The Morgan fingerprint density at radius 2 is 1.76 bits per heavy atom. The number of para-hydroxylation sites is 1. The van der Waals surface area contributed by atoms with Gasteiger partial charge in [0.25, 0.3) is 0 Å². The van der Waals surface area contributed by atoms with Crippen LogP contribution in [0.4, 0.5) is 0 Å². The number of ether oxygens (including phenoxy) is 1. The largest absolute Gasteiger partial charge is 0.486 e. The highest BCUT2D eigenvalue weighted by Gasteiger charge is 2.28. The molecular formula is C19H23NO. The summed E-state index contributed by atoms with van der Waals surface area (Å²) in [6.45, 7) is 9.35. The molecule has 110 valence electrons. The third-order valence-electron chi connectivity index (χ3n) is 4.01. The zero-order chi connectivity index (χ0) is 14.9. The maximum Gasteiger partial charge on any atom is 0.124 e. The van der Waals surface area contributed by atoms with E-state index < -0.39 is 0 Å². The van der Waals surface area contributed by atoms with Gasteiger partial charge >= 0.3 is 0 Å². The standard InChI is InChI=1S/C19H23NO/c1-15-8-4-5-9-16(15)12-20-13-17-10-6-7-11-18(17)21-19(2,3)14-20/h4-11H,12-14H2,1-3H3. The van der Waals surface area contributed by atoms with Crippen LogP contribution in [0.3, 0.4) is 0 Å². The summed E-state index contributed by atoms with van der Waals surface area (Å²) in [5.74, 6) is 1.02. The summed E-state index contributed by atoms with van der Waals surface area (Å²) in [5, 5.41) is 0. The van der Waals surface area contributed by atoms with Crippen molar-refractivity contribution >= 4 is 0 Å². The number of fused-ring (bicyclic) bond motifs is 1. The van der Waals surface area contributed by atoms with E-state index in [0.29, 0.717) is 0 Å². The van der Waals surface area contributed by atoms with Gasteiger partial charge in [0.2, 0.25) is 0 Å². The number of benzene rings is 2. The van der Waals surface area contributed by atoms with Gasteiger partial charge in [-0.1, -0.05) is 42.5 Å². The van der Waals surface area contributed by atoms with Crippen LogP contribution < -0.4 is 4.74 Å². The molecule has 0 unspecified atom stereocenters. The Kier molecular flexibility index (Phi) is 3.73. The molecule has 2 aromatic carbocycles. The zero-order valence-corrected chi connectivity index (χ0v) is 13.1. The lowest BCUT2D eigenvalue weighted by Gasteiger charge is -2.29. The number of hydrogen-bond donors (Lipinski definition) is 0. The molecule has 1 heterocycles. The molecule has 0 amide bonds. The highest BCUT2D eigenvalue weighted by atomic mass is 16.5. The lowest BCUT2D eigenvalue weighted by Crippen LogP contribution is -2.40. The summed E-state index contributed by atoms with van der Waals surface area (Å²) in [7, 11) is 0. The van der Waals surface area contributed by atoms with Crippen LogP contribution in [-0.2, 0) is 13.1 Å². The SMILES string of the molecule is Cc1ccccc1CN1Cc2ccccc2OC(C)(C)C1. The molecule has 0 radical (unpaired) electrons. The van der Waals surface area contributed by atoms with Crippen LogP contribution in [0.2, 0.25) is 0 Å². The van der Waals surface area contributed by atoms with E-state index in [4.69, 9.17) is 4.74 Å². The second-order valence-electron chi connectivity index (χ2n) is 6.54. The fraction of sp³-hybridized carbons (Fsp3) is 0.368. The van der Waals surface area contributed by atoms with E-state index in [0.717, 1.165) is 25.4 Å². The van der Waals surface area contributed by atoms with Crippen molar-refractivity contribution in [2.24, 2.45) is 0 Å². The van der Waals surface area contributed by atoms with Gasteiger partial charge in [0.05, 0.1) is 0 Å². The van der Waals surface area contributed by atoms with Crippen LogP contribution in [-0.4, -0.2) is 17.0 Å². The molecule has 1 aliphatic heterocycles. The first-order valence-corrected chi connectivity index (χ1v) is 7.57. The molecule has 0 aliphatic carbocycles. The Balaban J connectivity index is 1.88. The van der Waals surface area contributed by atoms with Gasteiger partial charge < -0.3 is 4.74 Å². The van der Waals surface area contributed by atoms with Crippen LogP contribution in [0.1, 0.15) is 30.5 Å². The van der Waals surface area contributed by atoms with Crippen LogP contribution in [0.25, 0.3) is 0 Å². The van der Waals surface area contributed by atoms with Crippen molar-refractivity contribution in [2.45, 2.75) is 39.5 Å². The zero-order valence-electron chi connectivity index (χ0n) is 13.1. The van der Waals surface area contributed by atoms with Gasteiger partial charge in [0.15, 0.2) is 0 Å². The second kappa shape index (κ2) is 5.53. The molecule has 0 saturated carbocycles. The van der Waals surface area contributed by atoms with Crippen LogP contribution >= 0.6 is 0 Å².